The first-order valence-corrected chi connectivity index (χ1v) is 8.70. The monoisotopic (exact) mass is 332 g/mol. The number of carboxylic acids is 1. The Balaban J connectivity index is 2.04. The molecule has 1 aliphatic carbocycles. The van der Waals surface area contributed by atoms with Gasteiger partial charge in [-0.1, -0.05) is 51.7 Å². The number of benzene rings is 2. The SMILES string of the molecule is CC1(C)CCC(C)(C)c2c(C#Cc3ccc(C(=O)O)cc3)cccc21. The molecule has 0 heterocycles. The van der Waals surface area contributed by atoms with Gasteiger partial charge in [-0.2, -0.15) is 0 Å². The molecule has 0 amide bonds. The fraction of sp³-hybridized carbons (Fsp3) is 0.348. The summed E-state index contributed by atoms with van der Waals surface area (Å²) in [6.07, 6.45) is 2.33. The van der Waals surface area contributed by atoms with Gasteiger partial charge >= 0.3 is 5.97 Å². The van der Waals surface area contributed by atoms with Crippen LogP contribution in [-0.4, -0.2) is 11.1 Å². The summed E-state index contributed by atoms with van der Waals surface area (Å²) in [6.45, 7) is 9.22. The van der Waals surface area contributed by atoms with E-state index in [4.69, 9.17) is 5.11 Å². The third-order valence-corrected chi connectivity index (χ3v) is 5.32. The highest BCUT2D eigenvalue weighted by Crippen LogP contribution is 2.46. The Morgan fingerprint density at radius 1 is 0.920 bits per heavy atom. The summed E-state index contributed by atoms with van der Waals surface area (Å²) in [5.74, 6) is 5.62. The van der Waals surface area contributed by atoms with E-state index < -0.39 is 5.97 Å². The molecule has 0 aliphatic heterocycles. The minimum atomic E-state index is -0.916. The predicted molar refractivity (Wildman–Crippen MR) is 101 cm³/mol. The van der Waals surface area contributed by atoms with Crippen LogP contribution >= 0.6 is 0 Å². The van der Waals surface area contributed by atoms with Crippen LogP contribution in [0.1, 0.15) is 73.1 Å². The normalized spacial score (nSPS) is 17.1. The summed E-state index contributed by atoms with van der Waals surface area (Å²) < 4.78 is 0. The third kappa shape index (κ3) is 3.33. The highest BCUT2D eigenvalue weighted by Gasteiger charge is 2.38. The number of hydrogen-bond acceptors (Lipinski definition) is 1. The van der Waals surface area contributed by atoms with Crippen LogP contribution in [0.25, 0.3) is 0 Å². The number of carboxylic acid groups (broad SMARTS) is 1. The van der Waals surface area contributed by atoms with E-state index in [1.54, 1.807) is 24.3 Å². The second kappa shape index (κ2) is 6.08. The van der Waals surface area contributed by atoms with Crippen molar-refractivity contribution in [1.82, 2.24) is 0 Å². The molecular weight excluding hydrogens is 308 g/mol. The van der Waals surface area contributed by atoms with Crippen LogP contribution in [-0.2, 0) is 10.8 Å². The smallest absolute Gasteiger partial charge is 0.335 e. The molecule has 0 fully saturated rings. The topological polar surface area (TPSA) is 37.3 Å². The molecular formula is C23H24O2. The summed E-state index contributed by atoms with van der Waals surface area (Å²) in [4.78, 5) is 10.9. The Kier molecular flexibility index (Phi) is 4.21. The maximum Gasteiger partial charge on any atom is 0.335 e. The molecule has 128 valence electrons. The van der Waals surface area contributed by atoms with Crippen molar-refractivity contribution in [3.63, 3.8) is 0 Å². The average molecular weight is 332 g/mol. The van der Waals surface area contributed by atoms with Crippen molar-refractivity contribution < 1.29 is 9.90 Å². The summed E-state index contributed by atoms with van der Waals surface area (Å²) >= 11 is 0. The van der Waals surface area contributed by atoms with Crippen molar-refractivity contribution in [3.8, 4) is 11.8 Å². The molecule has 1 aliphatic rings. The first-order valence-electron chi connectivity index (χ1n) is 8.70. The Morgan fingerprint density at radius 3 is 2.20 bits per heavy atom. The van der Waals surface area contributed by atoms with Crippen LogP contribution < -0.4 is 0 Å². The number of hydrogen-bond donors (Lipinski definition) is 1. The van der Waals surface area contributed by atoms with Crippen LogP contribution in [0.4, 0.5) is 0 Å². The molecule has 2 heteroatoms. The van der Waals surface area contributed by atoms with Crippen molar-refractivity contribution in [2.75, 3.05) is 0 Å². The molecule has 2 aromatic rings. The van der Waals surface area contributed by atoms with Gasteiger partial charge in [0.2, 0.25) is 0 Å². The molecule has 0 bridgehead atoms. The van der Waals surface area contributed by atoms with Gasteiger partial charge < -0.3 is 5.11 Å². The predicted octanol–water partition coefficient (Wildman–Crippen LogP) is 5.13. The van der Waals surface area contributed by atoms with Crippen LogP contribution in [0.3, 0.4) is 0 Å². The molecule has 3 rings (SSSR count). The Hall–Kier alpha value is -2.53. The van der Waals surface area contributed by atoms with Gasteiger partial charge in [-0.15, -0.1) is 0 Å². The second-order valence-corrected chi connectivity index (χ2v) is 8.13. The van der Waals surface area contributed by atoms with E-state index in [-0.39, 0.29) is 16.4 Å². The van der Waals surface area contributed by atoms with Gasteiger partial charge in [-0.25, -0.2) is 4.79 Å². The lowest BCUT2D eigenvalue weighted by molar-refractivity contribution is 0.0697. The van der Waals surface area contributed by atoms with E-state index in [0.29, 0.717) is 0 Å². The summed E-state index contributed by atoms with van der Waals surface area (Å²) in [5, 5.41) is 8.99. The number of carbonyl (C=O) groups is 1. The van der Waals surface area contributed by atoms with Gasteiger partial charge in [0.25, 0.3) is 0 Å². The standard InChI is InChI=1S/C23H24O2/c1-22(2)14-15-23(3,4)20-17(6-5-7-19(20)22)11-8-16-9-12-18(13-10-16)21(24)25/h5-7,9-10,12-13H,14-15H2,1-4H3,(H,24,25). The van der Waals surface area contributed by atoms with E-state index >= 15 is 0 Å². The van der Waals surface area contributed by atoms with Gasteiger partial charge in [0, 0.05) is 11.1 Å². The average Bonchev–Trinajstić information content (AvgIpc) is 2.57. The summed E-state index contributed by atoms with van der Waals surface area (Å²) in [6, 6.07) is 13.2. The van der Waals surface area contributed by atoms with E-state index in [1.807, 2.05) is 0 Å². The molecule has 0 radical (unpaired) electrons. The molecule has 1 N–H and O–H groups in total. The molecule has 0 saturated heterocycles. The number of rotatable bonds is 1. The molecule has 0 saturated carbocycles. The summed E-state index contributed by atoms with van der Waals surface area (Å²) in [7, 11) is 0. The third-order valence-electron chi connectivity index (χ3n) is 5.32. The zero-order valence-electron chi connectivity index (χ0n) is 15.3. The highest BCUT2D eigenvalue weighted by atomic mass is 16.4. The van der Waals surface area contributed by atoms with Gasteiger partial charge in [0.15, 0.2) is 0 Å². The first kappa shape index (κ1) is 17.3. The molecule has 0 aromatic heterocycles. The van der Waals surface area contributed by atoms with Crippen LogP contribution in [0, 0.1) is 11.8 Å². The van der Waals surface area contributed by atoms with E-state index in [2.05, 4.69) is 57.7 Å². The van der Waals surface area contributed by atoms with E-state index in [0.717, 1.165) is 17.5 Å². The minimum absolute atomic E-state index is 0.114. The highest BCUT2D eigenvalue weighted by molar-refractivity contribution is 5.87. The Labute approximate surface area is 149 Å². The van der Waals surface area contributed by atoms with Crippen LogP contribution in [0.5, 0.6) is 0 Å². The fourth-order valence-electron chi connectivity index (χ4n) is 3.67. The maximum atomic E-state index is 10.9. The second-order valence-electron chi connectivity index (χ2n) is 8.13. The quantitative estimate of drug-likeness (QED) is 0.735. The van der Waals surface area contributed by atoms with Crippen LogP contribution in [0.2, 0.25) is 0 Å². The largest absolute Gasteiger partial charge is 0.478 e. The zero-order valence-corrected chi connectivity index (χ0v) is 15.3. The molecule has 0 spiro atoms. The molecule has 0 atom stereocenters. The first-order chi connectivity index (χ1) is 11.7. The Morgan fingerprint density at radius 2 is 1.56 bits per heavy atom. The molecule has 2 aromatic carbocycles. The number of fused-ring (bicyclic) bond motifs is 1. The molecule has 2 nitrogen and oxygen atoms in total. The summed E-state index contributed by atoms with van der Waals surface area (Å²) in [5.41, 5.74) is 5.24. The lowest BCUT2D eigenvalue weighted by atomic mass is 9.62. The van der Waals surface area contributed by atoms with Gasteiger partial charge in [-0.3, -0.25) is 0 Å². The maximum absolute atomic E-state index is 10.9. The lowest BCUT2D eigenvalue weighted by Gasteiger charge is -2.42. The van der Waals surface area contributed by atoms with E-state index in [9.17, 15) is 4.79 Å². The van der Waals surface area contributed by atoms with Crippen molar-refractivity contribution in [2.24, 2.45) is 0 Å². The lowest BCUT2D eigenvalue weighted by Crippen LogP contribution is -2.34. The molecule has 0 unspecified atom stereocenters. The Bertz CT molecular complexity index is 875. The number of aromatic carboxylic acids is 1. The van der Waals surface area contributed by atoms with Crippen LogP contribution in [0.15, 0.2) is 42.5 Å². The van der Waals surface area contributed by atoms with Crippen molar-refractivity contribution in [2.45, 2.75) is 51.4 Å². The fourth-order valence-corrected chi connectivity index (χ4v) is 3.67. The molecule has 25 heavy (non-hydrogen) atoms. The van der Waals surface area contributed by atoms with Crippen molar-refractivity contribution in [3.05, 3.63) is 70.3 Å². The van der Waals surface area contributed by atoms with Crippen molar-refractivity contribution >= 4 is 5.97 Å². The van der Waals surface area contributed by atoms with Crippen molar-refractivity contribution in [1.29, 1.82) is 0 Å². The zero-order chi connectivity index (χ0) is 18.2. The van der Waals surface area contributed by atoms with E-state index in [1.165, 1.54) is 17.5 Å². The minimum Gasteiger partial charge on any atom is -0.478 e. The van der Waals surface area contributed by atoms with Gasteiger partial charge in [-0.05, 0) is 65.1 Å². The van der Waals surface area contributed by atoms with Gasteiger partial charge in [0.05, 0.1) is 5.56 Å². The van der Waals surface area contributed by atoms with Gasteiger partial charge in [0.1, 0.15) is 0 Å².